The Morgan fingerprint density at radius 3 is 1.76 bits per heavy atom. The number of Topliss-reactive ketones (excluding diaryl/α,β-unsaturated/α-hetero) is 1. The quantitative estimate of drug-likeness (QED) is 0.169. The largest absolute Gasteiger partial charge is 0.462 e. The molecule has 0 aromatic heterocycles. The molecule has 6 atom stereocenters. The van der Waals surface area contributed by atoms with Gasteiger partial charge in [0.2, 0.25) is 0 Å². The monoisotopic (exact) mass is 529 g/mol. The number of oxime groups is 1. The molecule has 0 amide bonds. The summed E-state index contributed by atoms with van der Waals surface area (Å²) in [6.45, 7) is 5.87. The third-order valence-corrected chi connectivity index (χ3v) is 5.01. The number of aldehydes is 1. The van der Waals surface area contributed by atoms with Crippen molar-refractivity contribution in [1.82, 2.24) is 0 Å². The highest BCUT2D eigenvalue weighted by molar-refractivity contribution is 5.95. The van der Waals surface area contributed by atoms with Crippen LogP contribution in [-0.2, 0) is 62.1 Å². The van der Waals surface area contributed by atoms with E-state index in [1.165, 1.54) is 6.92 Å². The SMILES string of the molecule is CC(=O)OC[C@@H](OC(C)=O)[C@H](OC(C)=O)[C@H](OC(C)=O)[C@@H](OC(C)=O)[C@@H](CC=O)C1=NO[C@@H](C(C)=O)C1. The number of carbonyl (C=O) groups excluding carboxylic acids is 7. The van der Waals surface area contributed by atoms with E-state index in [0.717, 1.165) is 34.6 Å². The van der Waals surface area contributed by atoms with Crippen molar-refractivity contribution < 1.29 is 62.1 Å². The smallest absolute Gasteiger partial charge is 0.303 e. The Hall–Kier alpha value is -3.84. The first kappa shape index (κ1) is 31.2. The molecule has 0 unspecified atom stereocenters. The van der Waals surface area contributed by atoms with Crippen molar-refractivity contribution >= 4 is 47.6 Å². The van der Waals surface area contributed by atoms with Gasteiger partial charge in [-0.3, -0.25) is 28.8 Å². The Labute approximate surface area is 212 Å². The summed E-state index contributed by atoms with van der Waals surface area (Å²) in [4.78, 5) is 88.0. The van der Waals surface area contributed by atoms with Gasteiger partial charge in [0.1, 0.15) is 12.9 Å². The minimum Gasteiger partial charge on any atom is -0.462 e. The Morgan fingerprint density at radius 1 is 0.811 bits per heavy atom. The lowest BCUT2D eigenvalue weighted by atomic mass is 9.84. The van der Waals surface area contributed by atoms with Gasteiger partial charge in [-0.2, -0.15) is 0 Å². The van der Waals surface area contributed by atoms with Gasteiger partial charge in [0.25, 0.3) is 0 Å². The van der Waals surface area contributed by atoms with Gasteiger partial charge in [-0.05, 0) is 6.92 Å². The zero-order valence-electron chi connectivity index (χ0n) is 21.4. The van der Waals surface area contributed by atoms with Crippen LogP contribution in [0.2, 0.25) is 0 Å². The van der Waals surface area contributed by atoms with Crippen molar-refractivity contribution in [3.63, 3.8) is 0 Å². The van der Waals surface area contributed by atoms with E-state index in [-0.39, 0.29) is 24.3 Å². The molecule has 0 N–H and O–H groups in total. The maximum Gasteiger partial charge on any atom is 0.303 e. The van der Waals surface area contributed by atoms with E-state index in [1.807, 2.05) is 0 Å². The number of hydrogen-bond acceptors (Lipinski definition) is 14. The predicted octanol–water partition coefficient (Wildman–Crippen LogP) is 0.215. The van der Waals surface area contributed by atoms with Crippen LogP contribution in [0.1, 0.15) is 54.4 Å². The lowest BCUT2D eigenvalue weighted by Gasteiger charge is -2.37. The molecule has 1 rings (SSSR count). The molecule has 14 nitrogen and oxygen atoms in total. The lowest BCUT2D eigenvalue weighted by molar-refractivity contribution is -0.205. The second-order valence-electron chi connectivity index (χ2n) is 8.17. The molecule has 0 fully saturated rings. The molecule has 0 saturated carbocycles. The van der Waals surface area contributed by atoms with Crippen LogP contribution in [0.5, 0.6) is 0 Å². The summed E-state index contributed by atoms with van der Waals surface area (Å²) in [6, 6.07) is 0. The second-order valence-corrected chi connectivity index (χ2v) is 8.17. The first-order chi connectivity index (χ1) is 17.3. The zero-order chi connectivity index (χ0) is 28.3. The zero-order valence-corrected chi connectivity index (χ0v) is 21.4. The molecule has 0 bridgehead atoms. The van der Waals surface area contributed by atoms with Crippen LogP contribution in [0.25, 0.3) is 0 Å². The topological polar surface area (TPSA) is 187 Å². The minimum absolute atomic E-state index is 0.0581. The number of rotatable bonds is 14. The van der Waals surface area contributed by atoms with Crippen LogP contribution in [0.3, 0.4) is 0 Å². The Morgan fingerprint density at radius 2 is 1.32 bits per heavy atom. The molecule has 206 valence electrons. The summed E-state index contributed by atoms with van der Waals surface area (Å²) in [6.07, 6.45) is -7.27. The van der Waals surface area contributed by atoms with Crippen LogP contribution in [0.4, 0.5) is 0 Å². The molecule has 0 aliphatic carbocycles. The van der Waals surface area contributed by atoms with Gasteiger partial charge < -0.3 is 33.3 Å². The third kappa shape index (κ3) is 10.4. The van der Waals surface area contributed by atoms with Gasteiger partial charge in [0, 0.05) is 53.4 Å². The highest BCUT2D eigenvalue weighted by atomic mass is 16.7. The standard InChI is InChI=1S/C23H31NO13/c1-11(26)19-9-18(24-37-19)17(7-8-25)21(34-14(4)29)23(36-16(6)31)22(35-15(5)30)20(33-13(3)28)10-32-12(2)27/h8,17,19-23H,7,9-10H2,1-6H3/t17-,19+,20+,21-,22-,23+/m0/s1. The van der Waals surface area contributed by atoms with Crippen molar-refractivity contribution in [2.24, 2.45) is 11.1 Å². The maximum atomic E-state index is 12.1. The van der Waals surface area contributed by atoms with E-state index in [0.29, 0.717) is 6.29 Å². The van der Waals surface area contributed by atoms with Gasteiger partial charge in [0.05, 0.1) is 5.71 Å². The van der Waals surface area contributed by atoms with Crippen molar-refractivity contribution in [1.29, 1.82) is 0 Å². The minimum atomic E-state index is -1.69. The molecule has 14 heteroatoms. The van der Waals surface area contributed by atoms with E-state index >= 15 is 0 Å². The van der Waals surface area contributed by atoms with Crippen molar-refractivity contribution in [3.05, 3.63) is 0 Å². The summed E-state index contributed by atoms with van der Waals surface area (Å²) in [5.41, 5.74) is 0.140. The van der Waals surface area contributed by atoms with Crippen molar-refractivity contribution in [2.45, 2.75) is 84.9 Å². The highest BCUT2D eigenvalue weighted by Crippen LogP contribution is 2.30. The molecule has 1 heterocycles. The molecule has 0 spiro atoms. The van der Waals surface area contributed by atoms with Gasteiger partial charge in [0.15, 0.2) is 36.3 Å². The first-order valence-electron chi connectivity index (χ1n) is 11.3. The number of esters is 5. The second kappa shape index (κ2) is 14.7. The normalized spacial score (nSPS) is 18.4. The molecule has 37 heavy (non-hydrogen) atoms. The van der Waals surface area contributed by atoms with E-state index in [1.54, 1.807) is 0 Å². The fourth-order valence-electron chi connectivity index (χ4n) is 3.63. The van der Waals surface area contributed by atoms with Crippen LogP contribution in [-0.4, -0.2) is 84.8 Å². The predicted molar refractivity (Wildman–Crippen MR) is 121 cm³/mol. The van der Waals surface area contributed by atoms with Crippen LogP contribution in [0, 0.1) is 5.92 Å². The third-order valence-electron chi connectivity index (χ3n) is 5.01. The molecule has 0 aromatic carbocycles. The molecular weight excluding hydrogens is 498 g/mol. The summed E-state index contributed by atoms with van der Waals surface area (Å²) in [7, 11) is 0. The molecule has 0 radical (unpaired) electrons. The van der Waals surface area contributed by atoms with Gasteiger partial charge >= 0.3 is 29.8 Å². The fraction of sp³-hybridized carbons (Fsp3) is 0.652. The Kier molecular flexibility index (Phi) is 12.4. The van der Waals surface area contributed by atoms with Crippen molar-refractivity contribution in [3.8, 4) is 0 Å². The number of ketones is 1. The molecule has 1 aliphatic rings. The maximum absolute atomic E-state index is 12.1. The summed E-state index contributed by atoms with van der Waals surface area (Å²) < 4.78 is 26.3. The molecule has 0 aromatic rings. The van der Waals surface area contributed by atoms with E-state index in [9.17, 15) is 33.6 Å². The van der Waals surface area contributed by atoms with E-state index in [4.69, 9.17) is 28.5 Å². The molecular formula is C23H31NO13. The van der Waals surface area contributed by atoms with E-state index in [2.05, 4.69) is 5.16 Å². The number of ether oxygens (including phenoxy) is 5. The molecule has 0 saturated heterocycles. The highest BCUT2D eigenvalue weighted by Gasteiger charge is 2.49. The number of hydrogen-bond donors (Lipinski definition) is 0. The van der Waals surface area contributed by atoms with E-state index < -0.39 is 72.9 Å². The Bertz CT molecular complexity index is 928. The van der Waals surface area contributed by atoms with Crippen LogP contribution in [0.15, 0.2) is 5.16 Å². The summed E-state index contributed by atoms with van der Waals surface area (Å²) in [5.74, 6) is -5.77. The van der Waals surface area contributed by atoms with Gasteiger partial charge in [-0.25, -0.2) is 0 Å². The van der Waals surface area contributed by atoms with Gasteiger partial charge in [-0.1, -0.05) is 5.16 Å². The Balaban J connectivity index is 3.67. The van der Waals surface area contributed by atoms with Crippen LogP contribution >= 0.6 is 0 Å². The van der Waals surface area contributed by atoms with Crippen LogP contribution < -0.4 is 0 Å². The average molecular weight is 529 g/mol. The molecule has 1 aliphatic heterocycles. The summed E-state index contributed by atoms with van der Waals surface area (Å²) in [5, 5.41) is 3.86. The fourth-order valence-corrected chi connectivity index (χ4v) is 3.63. The lowest BCUT2D eigenvalue weighted by Crippen LogP contribution is -2.56. The first-order valence-corrected chi connectivity index (χ1v) is 11.3. The number of carbonyl (C=O) groups is 7. The average Bonchev–Trinajstić information content (AvgIpc) is 3.25. The van der Waals surface area contributed by atoms with Crippen molar-refractivity contribution in [2.75, 3.05) is 6.61 Å². The number of nitrogens with zero attached hydrogens (tertiary/aromatic N) is 1. The summed E-state index contributed by atoms with van der Waals surface area (Å²) >= 11 is 0. The van der Waals surface area contributed by atoms with Gasteiger partial charge in [-0.15, -0.1) is 0 Å².